The number of hydrogen-bond acceptors (Lipinski definition) is 5. The van der Waals surface area contributed by atoms with Gasteiger partial charge >= 0.3 is 0 Å². The lowest BCUT2D eigenvalue weighted by molar-refractivity contribution is -0.129. The second kappa shape index (κ2) is 12.3. The van der Waals surface area contributed by atoms with Crippen LogP contribution in [-0.2, 0) is 9.59 Å². The normalized spacial score (nSPS) is 10.7. The van der Waals surface area contributed by atoms with Crippen molar-refractivity contribution in [3.8, 4) is 11.5 Å². The van der Waals surface area contributed by atoms with Crippen LogP contribution in [0.5, 0.6) is 11.5 Å². The smallest absolute Gasteiger partial charge is 0.246 e. The number of nitrogens with one attached hydrogen (secondary N) is 1. The van der Waals surface area contributed by atoms with E-state index in [4.69, 9.17) is 21.1 Å². The Balaban J connectivity index is 2.02. The van der Waals surface area contributed by atoms with Gasteiger partial charge in [-0.3, -0.25) is 9.59 Å². The average Bonchev–Trinajstić information content (AvgIpc) is 2.76. The number of ether oxygens (including phenoxy) is 2. The van der Waals surface area contributed by atoms with Crippen LogP contribution in [0.1, 0.15) is 18.9 Å². The molecule has 0 unspecified atom stereocenters. The van der Waals surface area contributed by atoms with Gasteiger partial charge in [-0.25, -0.2) is 0 Å². The zero-order valence-electron chi connectivity index (χ0n) is 18.1. The van der Waals surface area contributed by atoms with E-state index in [0.717, 1.165) is 17.0 Å². The van der Waals surface area contributed by atoms with Gasteiger partial charge in [-0.05, 0) is 48.6 Å². The van der Waals surface area contributed by atoms with E-state index >= 15 is 0 Å². The van der Waals surface area contributed by atoms with Crippen molar-refractivity contribution in [1.29, 1.82) is 0 Å². The molecule has 0 heterocycles. The monoisotopic (exact) mass is 462 g/mol. The highest BCUT2D eigenvalue weighted by Gasteiger charge is 2.14. The molecule has 0 aliphatic carbocycles. The topological polar surface area (TPSA) is 67.9 Å². The number of carbonyl (C=O) groups is 2. The van der Waals surface area contributed by atoms with Gasteiger partial charge in [-0.1, -0.05) is 30.7 Å². The van der Waals surface area contributed by atoms with E-state index < -0.39 is 0 Å². The van der Waals surface area contributed by atoms with Crippen molar-refractivity contribution in [2.45, 2.75) is 18.2 Å². The van der Waals surface area contributed by atoms with Gasteiger partial charge in [0, 0.05) is 18.0 Å². The number of para-hydroxylation sites is 1. The van der Waals surface area contributed by atoms with Crippen molar-refractivity contribution in [2.24, 2.45) is 0 Å². The van der Waals surface area contributed by atoms with Gasteiger partial charge < -0.3 is 19.7 Å². The highest BCUT2D eigenvalue weighted by molar-refractivity contribution is 7.98. The second-order valence-corrected chi connectivity index (χ2v) is 7.91. The van der Waals surface area contributed by atoms with Crippen molar-refractivity contribution in [3.05, 3.63) is 53.1 Å². The highest BCUT2D eigenvalue weighted by atomic mass is 35.5. The number of likely N-dealkylation sites (N-methyl/N-ethyl adjacent to an activating group) is 1. The third-order valence-electron chi connectivity index (χ3n) is 4.26. The summed E-state index contributed by atoms with van der Waals surface area (Å²) < 4.78 is 11.0. The lowest BCUT2D eigenvalue weighted by atomic mass is 10.2. The van der Waals surface area contributed by atoms with E-state index in [1.165, 1.54) is 18.1 Å². The quantitative estimate of drug-likeness (QED) is 0.399. The van der Waals surface area contributed by atoms with Crippen molar-refractivity contribution in [1.82, 2.24) is 4.90 Å². The third-order valence-corrected chi connectivity index (χ3v) is 5.34. The molecular weight excluding hydrogens is 436 g/mol. The summed E-state index contributed by atoms with van der Waals surface area (Å²) in [7, 11) is 3.10. The van der Waals surface area contributed by atoms with Crippen LogP contribution >= 0.6 is 23.4 Å². The minimum Gasteiger partial charge on any atom is -0.493 e. The molecule has 0 aromatic heterocycles. The van der Waals surface area contributed by atoms with E-state index in [1.54, 1.807) is 37.0 Å². The molecule has 6 nitrogen and oxygen atoms in total. The van der Waals surface area contributed by atoms with Crippen molar-refractivity contribution >= 4 is 46.9 Å². The molecule has 31 heavy (non-hydrogen) atoms. The molecule has 8 heteroatoms. The predicted octanol–water partition coefficient (Wildman–Crippen LogP) is 4.97. The molecular formula is C23H27ClN2O4S. The Kier molecular flexibility index (Phi) is 9.75. The van der Waals surface area contributed by atoms with E-state index in [0.29, 0.717) is 28.7 Å². The first-order valence-electron chi connectivity index (χ1n) is 9.76. The number of carbonyl (C=O) groups excluding carboxylic acids is 2. The van der Waals surface area contributed by atoms with Crippen LogP contribution in [0.4, 0.5) is 5.69 Å². The number of anilines is 1. The highest BCUT2D eigenvalue weighted by Crippen LogP contribution is 2.36. The van der Waals surface area contributed by atoms with Crippen LogP contribution in [0.15, 0.2) is 47.4 Å². The van der Waals surface area contributed by atoms with Crippen LogP contribution in [0.3, 0.4) is 0 Å². The molecule has 2 aromatic rings. The second-order valence-electron chi connectivity index (χ2n) is 6.66. The van der Waals surface area contributed by atoms with E-state index in [9.17, 15) is 9.59 Å². The summed E-state index contributed by atoms with van der Waals surface area (Å²) in [6, 6.07) is 11.0. The zero-order valence-corrected chi connectivity index (χ0v) is 19.7. The molecule has 0 saturated heterocycles. The number of halogens is 1. The molecule has 2 rings (SSSR count). The Morgan fingerprint density at radius 2 is 2.00 bits per heavy atom. The van der Waals surface area contributed by atoms with Gasteiger partial charge in [0.25, 0.3) is 0 Å². The molecule has 0 aliphatic heterocycles. The average molecular weight is 463 g/mol. The zero-order chi connectivity index (χ0) is 22.8. The molecule has 0 bridgehead atoms. The molecule has 0 saturated carbocycles. The molecule has 0 spiro atoms. The summed E-state index contributed by atoms with van der Waals surface area (Å²) in [5, 5.41) is 3.24. The fourth-order valence-electron chi connectivity index (χ4n) is 2.71. The van der Waals surface area contributed by atoms with E-state index in [-0.39, 0.29) is 18.4 Å². The molecule has 2 amide bonds. The van der Waals surface area contributed by atoms with Crippen molar-refractivity contribution < 1.29 is 19.1 Å². The van der Waals surface area contributed by atoms with Crippen LogP contribution in [0.25, 0.3) is 6.08 Å². The minimum atomic E-state index is -0.310. The van der Waals surface area contributed by atoms with Crippen LogP contribution in [0, 0.1) is 0 Å². The van der Waals surface area contributed by atoms with E-state index in [1.807, 2.05) is 37.4 Å². The van der Waals surface area contributed by atoms with Crippen molar-refractivity contribution in [2.75, 3.05) is 38.9 Å². The van der Waals surface area contributed by atoms with Crippen LogP contribution < -0.4 is 14.8 Å². The Morgan fingerprint density at radius 1 is 1.26 bits per heavy atom. The maximum absolute atomic E-state index is 12.4. The Hall–Kier alpha value is -2.64. The number of hydrogen-bond donors (Lipinski definition) is 1. The van der Waals surface area contributed by atoms with Gasteiger partial charge in [0.1, 0.15) is 0 Å². The summed E-state index contributed by atoms with van der Waals surface area (Å²) in [6.07, 6.45) is 5.80. The van der Waals surface area contributed by atoms with Gasteiger partial charge in [-0.15, -0.1) is 11.8 Å². The summed E-state index contributed by atoms with van der Waals surface area (Å²) in [5.74, 6) is 0.393. The van der Waals surface area contributed by atoms with Crippen LogP contribution in [0.2, 0.25) is 5.02 Å². The molecule has 0 radical (unpaired) electrons. The maximum atomic E-state index is 12.4. The number of nitrogens with zero attached hydrogens (tertiary/aromatic N) is 1. The van der Waals surface area contributed by atoms with Gasteiger partial charge in [0.15, 0.2) is 11.5 Å². The number of benzene rings is 2. The Morgan fingerprint density at radius 3 is 2.68 bits per heavy atom. The molecule has 0 atom stereocenters. The molecule has 2 aromatic carbocycles. The largest absolute Gasteiger partial charge is 0.493 e. The predicted molar refractivity (Wildman–Crippen MR) is 127 cm³/mol. The summed E-state index contributed by atoms with van der Waals surface area (Å²) in [5.41, 5.74) is 1.41. The number of thioether (sulfide) groups is 1. The Labute approximate surface area is 192 Å². The van der Waals surface area contributed by atoms with Crippen LogP contribution in [-0.4, -0.2) is 50.3 Å². The van der Waals surface area contributed by atoms with Gasteiger partial charge in [0.05, 0.1) is 31.0 Å². The minimum absolute atomic E-state index is 0.0697. The standard InChI is InChI=1S/C23H27ClN2O4S/c1-5-12-30-23-17(24)13-16(14-19(23)29-3)10-11-22(28)26(2)15-21(27)25-18-8-6-7-9-20(18)31-4/h6-11,13-14H,5,12,15H2,1-4H3,(H,25,27)/b11-10+. The molecule has 0 fully saturated rings. The third kappa shape index (κ3) is 7.22. The summed E-state index contributed by atoms with van der Waals surface area (Å²) >= 11 is 7.85. The molecule has 166 valence electrons. The first kappa shape index (κ1) is 24.6. The first-order chi connectivity index (χ1) is 14.9. The summed E-state index contributed by atoms with van der Waals surface area (Å²) in [4.78, 5) is 27.1. The molecule has 0 aliphatic rings. The van der Waals surface area contributed by atoms with Crippen molar-refractivity contribution in [3.63, 3.8) is 0 Å². The number of methoxy groups -OCH3 is 1. The van der Waals surface area contributed by atoms with E-state index in [2.05, 4.69) is 5.32 Å². The fourth-order valence-corrected chi connectivity index (χ4v) is 3.53. The number of amides is 2. The maximum Gasteiger partial charge on any atom is 0.246 e. The molecule has 1 N–H and O–H groups in total. The SMILES string of the molecule is CCCOc1c(Cl)cc(/C=C/C(=O)N(C)CC(=O)Nc2ccccc2SC)cc1OC. The van der Waals surface area contributed by atoms with Gasteiger partial charge in [0.2, 0.25) is 11.8 Å². The fraction of sp³-hybridized carbons (Fsp3) is 0.304. The first-order valence-corrected chi connectivity index (χ1v) is 11.4. The lowest BCUT2D eigenvalue weighted by Crippen LogP contribution is -2.33. The Bertz CT molecular complexity index is 949. The number of rotatable bonds is 10. The van der Waals surface area contributed by atoms with Gasteiger partial charge in [-0.2, -0.15) is 0 Å². The summed E-state index contributed by atoms with van der Waals surface area (Å²) in [6.45, 7) is 2.46. The lowest BCUT2D eigenvalue weighted by Gasteiger charge is -2.16.